The number of allylic oxidation sites excluding steroid dienone is 2. The molecule has 1 aliphatic rings. The molecule has 5 heteroatoms. The fraction of sp³-hybridized carbons (Fsp3) is 0.650. The van der Waals surface area contributed by atoms with E-state index in [4.69, 9.17) is 9.47 Å². The summed E-state index contributed by atoms with van der Waals surface area (Å²) in [6.07, 6.45) is 12.8. The number of ketones is 1. The molecule has 0 saturated carbocycles. The summed E-state index contributed by atoms with van der Waals surface area (Å²) >= 11 is 0. The van der Waals surface area contributed by atoms with Crippen LogP contribution >= 0.6 is 0 Å². The van der Waals surface area contributed by atoms with E-state index >= 15 is 0 Å². The molecule has 0 bridgehead atoms. The van der Waals surface area contributed by atoms with Gasteiger partial charge in [-0.15, -0.1) is 0 Å². The summed E-state index contributed by atoms with van der Waals surface area (Å²) < 4.78 is 10.2. The van der Waals surface area contributed by atoms with Crippen LogP contribution in [0.4, 0.5) is 0 Å². The van der Waals surface area contributed by atoms with E-state index in [2.05, 4.69) is 0 Å². The molecule has 0 amide bonds. The zero-order valence-corrected chi connectivity index (χ0v) is 15.6. The predicted octanol–water partition coefficient (Wildman–Crippen LogP) is 4.06. The maximum absolute atomic E-state index is 12.5. The van der Waals surface area contributed by atoms with Crippen molar-refractivity contribution in [2.75, 3.05) is 0 Å². The first-order valence-corrected chi connectivity index (χ1v) is 9.11. The van der Waals surface area contributed by atoms with E-state index in [-0.39, 0.29) is 11.9 Å². The van der Waals surface area contributed by atoms with Gasteiger partial charge in [0.1, 0.15) is 0 Å². The molecule has 25 heavy (non-hydrogen) atoms. The number of carbonyl (C=O) groups is 3. The fourth-order valence-corrected chi connectivity index (χ4v) is 3.11. The SMILES string of the molecule is CC(=O)OC1(CCCCCCCCC(C)OC=O)C=CC=C(C)C1=O. The highest BCUT2D eigenvalue weighted by molar-refractivity contribution is 6.05. The molecule has 1 rings (SSSR count). The lowest BCUT2D eigenvalue weighted by molar-refractivity contribution is -0.159. The lowest BCUT2D eigenvalue weighted by Crippen LogP contribution is -2.42. The number of ether oxygens (including phenoxy) is 2. The molecule has 0 heterocycles. The molecule has 5 nitrogen and oxygen atoms in total. The number of rotatable bonds is 12. The molecule has 140 valence electrons. The van der Waals surface area contributed by atoms with Crippen LogP contribution < -0.4 is 0 Å². The van der Waals surface area contributed by atoms with Crippen molar-refractivity contribution in [2.24, 2.45) is 0 Å². The van der Waals surface area contributed by atoms with E-state index < -0.39 is 11.6 Å². The van der Waals surface area contributed by atoms with Crippen molar-refractivity contribution in [1.82, 2.24) is 0 Å². The zero-order chi connectivity index (χ0) is 18.7. The molecule has 0 saturated heterocycles. The van der Waals surface area contributed by atoms with Crippen LogP contribution in [0.1, 0.15) is 72.1 Å². The van der Waals surface area contributed by atoms with Crippen LogP contribution in [0.3, 0.4) is 0 Å². The van der Waals surface area contributed by atoms with Gasteiger partial charge in [-0.1, -0.05) is 37.8 Å². The summed E-state index contributed by atoms with van der Waals surface area (Å²) in [5.74, 6) is -0.547. The lowest BCUT2D eigenvalue weighted by Gasteiger charge is -2.30. The lowest BCUT2D eigenvalue weighted by atomic mass is 9.84. The Balaban J connectivity index is 2.29. The zero-order valence-electron chi connectivity index (χ0n) is 15.6. The predicted molar refractivity (Wildman–Crippen MR) is 95.9 cm³/mol. The fourth-order valence-electron chi connectivity index (χ4n) is 3.11. The van der Waals surface area contributed by atoms with Gasteiger partial charge in [-0.2, -0.15) is 0 Å². The summed E-state index contributed by atoms with van der Waals surface area (Å²) in [7, 11) is 0. The molecular formula is C20H30O5. The van der Waals surface area contributed by atoms with Gasteiger partial charge in [0.25, 0.3) is 6.47 Å². The minimum Gasteiger partial charge on any atom is -0.465 e. The standard InChI is InChI=1S/C20H30O5/c1-16-11-10-14-20(19(16)23,25-18(3)22)13-9-7-5-4-6-8-12-17(2)24-15-21/h10-11,14-15,17H,4-9,12-13H2,1-3H3. The number of Topliss-reactive ketones (excluding diaryl/α,β-unsaturated/α-hetero) is 1. The number of esters is 1. The normalized spacial score (nSPS) is 20.8. The maximum Gasteiger partial charge on any atom is 0.303 e. The van der Waals surface area contributed by atoms with Gasteiger partial charge in [-0.3, -0.25) is 14.4 Å². The third-order valence-corrected chi connectivity index (χ3v) is 4.48. The largest absolute Gasteiger partial charge is 0.465 e. The van der Waals surface area contributed by atoms with Gasteiger partial charge in [0.15, 0.2) is 5.60 Å². The third-order valence-electron chi connectivity index (χ3n) is 4.48. The van der Waals surface area contributed by atoms with Crippen LogP contribution in [0.2, 0.25) is 0 Å². The summed E-state index contributed by atoms with van der Waals surface area (Å²) in [6.45, 7) is 5.49. The van der Waals surface area contributed by atoms with E-state index in [9.17, 15) is 14.4 Å². The quantitative estimate of drug-likeness (QED) is 0.302. The molecule has 0 aliphatic heterocycles. The Morgan fingerprint density at radius 3 is 2.48 bits per heavy atom. The highest BCUT2D eigenvalue weighted by Gasteiger charge is 2.40. The van der Waals surface area contributed by atoms with Crippen LogP contribution in [-0.4, -0.2) is 29.9 Å². The molecule has 0 radical (unpaired) electrons. The van der Waals surface area contributed by atoms with Gasteiger partial charge in [-0.05, 0) is 51.2 Å². The number of unbranched alkanes of at least 4 members (excludes halogenated alkanes) is 5. The second kappa shape index (κ2) is 10.9. The first kappa shape index (κ1) is 21.1. The topological polar surface area (TPSA) is 69.7 Å². The minimum atomic E-state index is -1.12. The third kappa shape index (κ3) is 7.24. The van der Waals surface area contributed by atoms with E-state index in [0.29, 0.717) is 18.5 Å². The van der Waals surface area contributed by atoms with Crippen LogP contribution in [0, 0.1) is 0 Å². The molecule has 0 aromatic rings. The van der Waals surface area contributed by atoms with Gasteiger partial charge in [0.05, 0.1) is 6.10 Å². The molecule has 0 spiro atoms. The van der Waals surface area contributed by atoms with Crippen LogP contribution in [0.5, 0.6) is 0 Å². The van der Waals surface area contributed by atoms with Crippen LogP contribution in [-0.2, 0) is 23.9 Å². The van der Waals surface area contributed by atoms with Gasteiger partial charge in [0, 0.05) is 6.92 Å². The van der Waals surface area contributed by atoms with Crippen molar-refractivity contribution in [2.45, 2.75) is 83.8 Å². The average molecular weight is 350 g/mol. The molecule has 0 aromatic carbocycles. The molecule has 1 aliphatic carbocycles. The Hall–Kier alpha value is -1.91. The van der Waals surface area contributed by atoms with E-state index in [1.807, 2.05) is 6.92 Å². The van der Waals surface area contributed by atoms with Crippen LogP contribution in [0.15, 0.2) is 23.8 Å². The Labute approximate surface area is 150 Å². The monoisotopic (exact) mass is 350 g/mol. The molecule has 0 fully saturated rings. The van der Waals surface area contributed by atoms with E-state index in [0.717, 1.165) is 44.9 Å². The summed E-state index contributed by atoms with van der Waals surface area (Å²) in [6, 6.07) is 0. The van der Waals surface area contributed by atoms with Gasteiger partial charge >= 0.3 is 5.97 Å². The first-order chi connectivity index (χ1) is 11.9. The highest BCUT2D eigenvalue weighted by Crippen LogP contribution is 2.29. The second-order valence-corrected chi connectivity index (χ2v) is 6.72. The Kier molecular flexibility index (Phi) is 9.17. The second-order valence-electron chi connectivity index (χ2n) is 6.72. The van der Waals surface area contributed by atoms with E-state index in [1.165, 1.54) is 6.92 Å². The summed E-state index contributed by atoms with van der Waals surface area (Å²) in [4.78, 5) is 34.1. The maximum atomic E-state index is 12.5. The molecule has 2 atom stereocenters. The van der Waals surface area contributed by atoms with Crippen molar-refractivity contribution < 1.29 is 23.9 Å². The molecule has 2 unspecified atom stereocenters. The average Bonchev–Trinajstić information content (AvgIpc) is 2.54. The van der Waals surface area contributed by atoms with Gasteiger partial charge in [-0.25, -0.2) is 0 Å². The van der Waals surface area contributed by atoms with Crippen molar-refractivity contribution in [3.05, 3.63) is 23.8 Å². The Bertz CT molecular complexity index is 520. The number of carbonyl (C=O) groups excluding carboxylic acids is 3. The molecule has 0 aromatic heterocycles. The van der Waals surface area contributed by atoms with Crippen LogP contribution in [0.25, 0.3) is 0 Å². The van der Waals surface area contributed by atoms with Gasteiger partial charge in [0.2, 0.25) is 5.78 Å². The van der Waals surface area contributed by atoms with Crippen molar-refractivity contribution >= 4 is 18.2 Å². The number of hydrogen-bond acceptors (Lipinski definition) is 5. The number of hydrogen-bond donors (Lipinski definition) is 0. The van der Waals surface area contributed by atoms with E-state index in [1.54, 1.807) is 25.2 Å². The molecular weight excluding hydrogens is 320 g/mol. The first-order valence-electron chi connectivity index (χ1n) is 9.11. The van der Waals surface area contributed by atoms with Crippen molar-refractivity contribution in [1.29, 1.82) is 0 Å². The minimum absolute atomic E-state index is 0.0125. The van der Waals surface area contributed by atoms with Gasteiger partial charge < -0.3 is 9.47 Å². The highest BCUT2D eigenvalue weighted by atomic mass is 16.6. The Morgan fingerprint density at radius 1 is 1.20 bits per heavy atom. The smallest absolute Gasteiger partial charge is 0.303 e. The van der Waals surface area contributed by atoms with Crippen molar-refractivity contribution in [3.8, 4) is 0 Å². The van der Waals surface area contributed by atoms with Crippen molar-refractivity contribution in [3.63, 3.8) is 0 Å². The Morgan fingerprint density at radius 2 is 1.84 bits per heavy atom. The summed E-state index contributed by atoms with van der Waals surface area (Å²) in [5.41, 5.74) is -0.498. The molecule has 0 N–H and O–H groups in total. The summed E-state index contributed by atoms with van der Waals surface area (Å²) in [5, 5.41) is 0.